The number of nitrogens with one attached hydrogen (secondary N) is 1. The number of pyridine rings is 1. The summed E-state index contributed by atoms with van der Waals surface area (Å²) in [6.07, 6.45) is 0. The molecule has 1 aromatic carbocycles. The van der Waals surface area contributed by atoms with Crippen LogP contribution in [-0.2, 0) is 17.9 Å². The molecule has 104 valence electrons. The highest BCUT2D eigenvalue weighted by atomic mass is 16.5. The summed E-state index contributed by atoms with van der Waals surface area (Å²) in [6, 6.07) is 15.2. The van der Waals surface area contributed by atoms with Crippen LogP contribution in [0.15, 0.2) is 48.5 Å². The number of carbonyl (C=O) groups is 1. The van der Waals surface area contributed by atoms with Crippen molar-refractivity contribution in [2.75, 3.05) is 6.61 Å². The number of benzene rings is 1. The number of aromatic nitrogens is 1. The van der Waals surface area contributed by atoms with Gasteiger partial charge >= 0.3 is 0 Å². The first-order valence-corrected chi connectivity index (χ1v) is 6.28. The van der Waals surface area contributed by atoms with E-state index in [9.17, 15) is 4.79 Å². The largest absolute Gasteiger partial charge is 0.473 e. The van der Waals surface area contributed by atoms with Crippen LogP contribution in [-0.4, -0.2) is 22.6 Å². The fraction of sp³-hybridized carbons (Fsp3) is 0.200. The lowest BCUT2D eigenvalue weighted by molar-refractivity contribution is -0.124. The van der Waals surface area contributed by atoms with Crippen LogP contribution in [0.3, 0.4) is 0 Å². The molecule has 0 aliphatic rings. The van der Waals surface area contributed by atoms with Crippen LogP contribution < -0.4 is 10.1 Å². The first kappa shape index (κ1) is 14.0. The summed E-state index contributed by atoms with van der Waals surface area (Å²) in [4.78, 5) is 15.2. The van der Waals surface area contributed by atoms with Crippen LogP contribution in [0.4, 0.5) is 0 Å². The number of aliphatic hydroxyl groups excluding tert-OH is 1. The quantitative estimate of drug-likeness (QED) is 0.830. The van der Waals surface area contributed by atoms with E-state index in [1.807, 2.05) is 36.4 Å². The van der Waals surface area contributed by atoms with Crippen molar-refractivity contribution in [2.45, 2.75) is 13.2 Å². The van der Waals surface area contributed by atoms with Gasteiger partial charge in [-0.2, -0.15) is 0 Å². The van der Waals surface area contributed by atoms with Crippen LogP contribution in [0.5, 0.6) is 5.88 Å². The number of carbonyl (C=O) groups excluding carboxylic acids is 1. The average Bonchev–Trinajstić information content (AvgIpc) is 2.52. The maximum absolute atomic E-state index is 11.0. The standard InChI is InChI=1S/C15H16N2O3/c18-10-14(19)16-9-13-7-4-8-15(17-13)20-11-12-5-2-1-3-6-12/h1-8,18H,9-11H2,(H,16,19). The van der Waals surface area contributed by atoms with Gasteiger partial charge in [-0.25, -0.2) is 4.98 Å². The second-order valence-electron chi connectivity index (χ2n) is 4.18. The molecule has 1 amide bonds. The molecule has 0 aliphatic heterocycles. The van der Waals surface area contributed by atoms with Gasteiger partial charge in [0.25, 0.3) is 0 Å². The highest BCUT2D eigenvalue weighted by Crippen LogP contribution is 2.10. The van der Waals surface area contributed by atoms with E-state index in [0.717, 1.165) is 5.56 Å². The Hall–Kier alpha value is -2.40. The molecule has 1 heterocycles. The molecule has 0 saturated carbocycles. The normalized spacial score (nSPS) is 10.1. The lowest BCUT2D eigenvalue weighted by Crippen LogP contribution is -2.25. The number of rotatable bonds is 6. The van der Waals surface area contributed by atoms with Crippen molar-refractivity contribution in [3.05, 3.63) is 59.8 Å². The Morgan fingerprint density at radius 1 is 1.15 bits per heavy atom. The molecular weight excluding hydrogens is 256 g/mol. The molecule has 20 heavy (non-hydrogen) atoms. The van der Waals surface area contributed by atoms with Gasteiger partial charge in [0, 0.05) is 6.07 Å². The fourth-order valence-corrected chi connectivity index (χ4v) is 1.61. The van der Waals surface area contributed by atoms with Gasteiger partial charge in [-0.3, -0.25) is 4.79 Å². The molecule has 2 N–H and O–H groups in total. The third kappa shape index (κ3) is 4.37. The molecule has 0 radical (unpaired) electrons. The molecule has 0 aliphatic carbocycles. The number of hydrogen-bond acceptors (Lipinski definition) is 4. The minimum Gasteiger partial charge on any atom is -0.473 e. The van der Waals surface area contributed by atoms with Crippen molar-refractivity contribution in [1.29, 1.82) is 0 Å². The van der Waals surface area contributed by atoms with Crippen LogP contribution in [0, 0.1) is 0 Å². The fourth-order valence-electron chi connectivity index (χ4n) is 1.61. The van der Waals surface area contributed by atoms with Crippen LogP contribution in [0.25, 0.3) is 0 Å². The Labute approximate surface area is 117 Å². The molecule has 0 bridgehead atoms. The third-order valence-corrected chi connectivity index (χ3v) is 2.62. The Balaban J connectivity index is 1.90. The Morgan fingerprint density at radius 3 is 2.70 bits per heavy atom. The monoisotopic (exact) mass is 272 g/mol. The van der Waals surface area contributed by atoms with E-state index in [1.165, 1.54) is 0 Å². The highest BCUT2D eigenvalue weighted by Gasteiger charge is 2.02. The van der Waals surface area contributed by atoms with E-state index in [2.05, 4.69) is 10.3 Å². The maximum atomic E-state index is 11.0. The molecule has 0 fully saturated rings. The van der Waals surface area contributed by atoms with Gasteiger partial charge in [-0.1, -0.05) is 36.4 Å². The van der Waals surface area contributed by atoms with Gasteiger partial charge < -0.3 is 15.2 Å². The molecule has 2 rings (SSSR count). The SMILES string of the molecule is O=C(CO)NCc1cccc(OCc2ccccc2)n1. The van der Waals surface area contributed by atoms with Crippen molar-refractivity contribution in [3.63, 3.8) is 0 Å². The first-order chi connectivity index (χ1) is 9.78. The van der Waals surface area contributed by atoms with Crippen LogP contribution in [0.1, 0.15) is 11.3 Å². The molecule has 5 heteroatoms. The van der Waals surface area contributed by atoms with Gasteiger partial charge in [0.05, 0.1) is 12.2 Å². The molecule has 0 unspecified atom stereocenters. The summed E-state index contributed by atoms with van der Waals surface area (Å²) in [5.74, 6) is 0.0759. The molecule has 0 spiro atoms. The average molecular weight is 272 g/mol. The number of ether oxygens (including phenoxy) is 1. The van der Waals surface area contributed by atoms with Crippen molar-refractivity contribution in [2.24, 2.45) is 0 Å². The summed E-state index contributed by atoms with van der Waals surface area (Å²) < 4.78 is 5.59. The van der Waals surface area contributed by atoms with Gasteiger partial charge in [0.2, 0.25) is 11.8 Å². The van der Waals surface area contributed by atoms with Crippen molar-refractivity contribution >= 4 is 5.91 Å². The molecule has 2 aromatic rings. The summed E-state index contributed by atoms with van der Waals surface area (Å²) in [7, 11) is 0. The van der Waals surface area contributed by atoms with Gasteiger partial charge in [0.15, 0.2) is 0 Å². The van der Waals surface area contributed by atoms with E-state index >= 15 is 0 Å². The number of hydrogen-bond donors (Lipinski definition) is 2. The molecule has 0 saturated heterocycles. The topological polar surface area (TPSA) is 71.5 Å². The maximum Gasteiger partial charge on any atom is 0.246 e. The minimum absolute atomic E-state index is 0.266. The summed E-state index contributed by atoms with van der Waals surface area (Å²) in [5.41, 5.74) is 1.74. The lowest BCUT2D eigenvalue weighted by atomic mass is 10.2. The number of amides is 1. The highest BCUT2D eigenvalue weighted by molar-refractivity contribution is 5.76. The van der Waals surface area contributed by atoms with Crippen molar-refractivity contribution in [3.8, 4) is 5.88 Å². The second-order valence-corrected chi connectivity index (χ2v) is 4.18. The first-order valence-electron chi connectivity index (χ1n) is 6.28. The zero-order valence-electron chi connectivity index (χ0n) is 11.0. The van der Waals surface area contributed by atoms with Gasteiger partial charge in [-0.15, -0.1) is 0 Å². The van der Waals surface area contributed by atoms with Gasteiger partial charge in [0.1, 0.15) is 13.2 Å². The Bertz CT molecular complexity index is 558. The zero-order valence-corrected chi connectivity index (χ0v) is 11.0. The number of aliphatic hydroxyl groups is 1. The minimum atomic E-state index is -0.524. The summed E-state index contributed by atoms with van der Waals surface area (Å²) in [6.45, 7) is 0.187. The molecule has 0 atom stereocenters. The smallest absolute Gasteiger partial charge is 0.246 e. The van der Waals surface area contributed by atoms with Crippen molar-refractivity contribution < 1.29 is 14.6 Å². The van der Waals surface area contributed by atoms with Crippen molar-refractivity contribution in [1.82, 2.24) is 10.3 Å². The van der Waals surface area contributed by atoms with Gasteiger partial charge in [-0.05, 0) is 11.6 Å². The van der Waals surface area contributed by atoms with E-state index in [-0.39, 0.29) is 6.54 Å². The van der Waals surface area contributed by atoms with E-state index in [4.69, 9.17) is 9.84 Å². The third-order valence-electron chi connectivity index (χ3n) is 2.62. The van der Waals surface area contributed by atoms with E-state index in [0.29, 0.717) is 18.2 Å². The number of nitrogens with zero attached hydrogens (tertiary/aromatic N) is 1. The van der Waals surface area contributed by atoms with E-state index in [1.54, 1.807) is 12.1 Å². The van der Waals surface area contributed by atoms with Crippen LogP contribution >= 0.6 is 0 Å². The second kappa shape index (κ2) is 7.25. The predicted octanol–water partition coefficient (Wildman–Crippen LogP) is 1.27. The summed E-state index contributed by atoms with van der Waals surface area (Å²) >= 11 is 0. The van der Waals surface area contributed by atoms with Crippen LogP contribution in [0.2, 0.25) is 0 Å². The zero-order chi connectivity index (χ0) is 14.2. The molecule has 5 nitrogen and oxygen atoms in total. The summed E-state index contributed by atoms with van der Waals surface area (Å²) in [5, 5.41) is 11.2. The van der Waals surface area contributed by atoms with E-state index < -0.39 is 12.5 Å². The Morgan fingerprint density at radius 2 is 1.95 bits per heavy atom. The predicted molar refractivity (Wildman–Crippen MR) is 73.9 cm³/mol. The lowest BCUT2D eigenvalue weighted by Gasteiger charge is -2.07. The molecular formula is C15H16N2O3. The Kier molecular flexibility index (Phi) is 5.08. The molecule has 1 aromatic heterocycles.